The molecule has 0 bridgehead atoms. The van der Waals surface area contributed by atoms with Crippen molar-refractivity contribution in [2.24, 2.45) is 0 Å². The Morgan fingerprint density at radius 3 is 2.52 bits per heavy atom. The Labute approximate surface area is 124 Å². The maximum atomic E-state index is 12.5. The lowest BCUT2D eigenvalue weighted by Gasteiger charge is -2.17. The van der Waals surface area contributed by atoms with Crippen LogP contribution in [0.1, 0.15) is 22.5 Å². The maximum Gasteiger partial charge on any atom is 0.243 e. The van der Waals surface area contributed by atoms with Gasteiger partial charge in [0.1, 0.15) is 5.76 Å². The standard InChI is InChI=1S/C15H16N2O3S/c1-11-8-15(5-4-13(11)9-16)21(18,19)17(3)10-14-6-7-20-12(14)2/h4-8H,10H2,1-3H3. The van der Waals surface area contributed by atoms with E-state index < -0.39 is 10.0 Å². The van der Waals surface area contributed by atoms with E-state index in [0.717, 1.165) is 5.56 Å². The fraction of sp³-hybridized carbons (Fsp3) is 0.267. The number of rotatable bonds is 4. The third-order valence-corrected chi connectivity index (χ3v) is 5.19. The van der Waals surface area contributed by atoms with Gasteiger partial charge in [0.05, 0.1) is 22.8 Å². The maximum absolute atomic E-state index is 12.5. The van der Waals surface area contributed by atoms with Gasteiger partial charge in [-0.05, 0) is 43.7 Å². The highest BCUT2D eigenvalue weighted by Crippen LogP contribution is 2.21. The molecule has 0 fully saturated rings. The molecule has 2 aromatic rings. The lowest BCUT2D eigenvalue weighted by atomic mass is 10.1. The van der Waals surface area contributed by atoms with Crippen LogP contribution in [0.25, 0.3) is 0 Å². The largest absolute Gasteiger partial charge is 0.469 e. The van der Waals surface area contributed by atoms with Crippen LogP contribution >= 0.6 is 0 Å². The average Bonchev–Trinajstić information content (AvgIpc) is 2.84. The molecule has 21 heavy (non-hydrogen) atoms. The van der Waals surface area contributed by atoms with Gasteiger partial charge in [0.15, 0.2) is 0 Å². The number of benzene rings is 1. The molecule has 0 saturated carbocycles. The molecule has 1 aromatic heterocycles. The summed E-state index contributed by atoms with van der Waals surface area (Å²) in [6.45, 7) is 3.75. The number of nitrogens with zero attached hydrogens (tertiary/aromatic N) is 2. The second-order valence-electron chi connectivity index (χ2n) is 4.85. The van der Waals surface area contributed by atoms with Crippen LogP contribution in [0.3, 0.4) is 0 Å². The molecule has 0 N–H and O–H groups in total. The van der Waals surface area contributed by atoms with Gasteiger partial charge in [-0.25, -0.2) is 8.42 Å². The van der Waals surface area contributed by atoms with Gasteiger partial charge in [0, 0.05) is 19.2 Å². The molecule has 0 spiro atoms. The fourth-order valence-electron chi connectivity index (χ4n) is 2.00. The minimum absolute atomic E-state index is 0.183. The molecule has 0 amide bonds. The smallest absolute Gasteiger partial charge is 0.243 e. The van der Waals surface area contributed by atoms with Crippen LogP contribution in [-0.2, 0) is 16.6 Å². The van der Waals surface area contributed by atoms with Crippen LogP contribution in [0.15, 0.2) is 39.8 Å². The predicted molar refractivity (Wildman–Crippen MR) is 78.0 cm³/mol. The minimum atomic E-state index is -3.60. The minimum Gasteiger partial charge on any atom is -0.469 e. The number of aryl methyl sites for hydroxylation is 2. The first-order valence-electron chi connectivity index (χ1n) is 6.36. The van der Waals surface area contributed by atoms with E-state index in [0.29, 0.717) is 16.9 Å². The molecular weight excluding hydrogens is 288 g/mol. The summed E-state index contributed by atoms with van der Waals surface area (Å²) in [5.74, 6) is 0.702. The molecule has 0 aliphatic heterocycles. The lowest BCUT2D eigenvalue weighted by Crippen LogP contribution is -2.26. The van der Waals surface area contributed by atoms with Gasteiger partial charge in [-0.15, -0.1) is 0 Å². The van der Waals surface area contributed by atoms with Crippen molar-refractivity contribution in [3.63, 3.8) is 0 Å². The Kier molecular flexibility index (Phi) is 4.16. The van der Waals surface area contributed by atoms with Crippen LogP contribution in [-0.4, -0.2) is 19.8 Å². The molecule has 0 unspecified atom stereocenters. The van der Waals surface area contributed by atoms with E-state index in [-0.39, 0.29) is 11.4 Å². The highest BCUT2D eigenvalue weighted by atomic mass is 32.2. The van der Waals surface area contributed by atoms with Gasteiger partial charge in [-0.1, -0.05) is 0 Å². The topological polar surface area (TPSA) is 74.3 Å². The van der Waals surface area contributed by atoms with Crippen LogP contribution in [0, 0.1) is 25.2 Å². The molecule has 6 heteroatoms. The van der Waals surface area contributed by atoms with E-state index in [4.69, 9.17) is 9.68 Å². The van der Waals surface area contributed by atoms with E-state index in [1.807, 2.05) is 6.07 Å². The lowest BCUT2D eigenvalue weighted by molar-refractivity contribution is 0.459. The van der Waals surface area contributed by atoms with E-state index in [9.17, 15) is 8.42 Å². The van der Waals surface area contributed by atoms with E-state index in [2.05, 4.69) is 0 Å². The van der Waals surface area contributed by atoms with Crippen LogP contribution < -0.4 is 0 Å². The molecule has 1 heterocycles. The molecule has 0 atom stereocenters. The summed E-state index contributed by atoms with van der Waals surface area (Å²) >= 11 is 0. The summed E-state index contributed by atoms with van der Waals surface area (Å²) in [7, 11) is -2.07. The Balaban J connectivity index is 2.31. The van der Waals surface area contributed by atoms with Crippen LogP contribution in [0.2, 0.25) is 0 Å². The van der Waals surface area contributed by atoms with Crippen molar-refractivity contribution in [3.8, 4) is 6.07 Å². The van der Waals surface area contributed by atoms with Gasteiger partial charge in [-0.2, -0.15) is 9.57 Å². The summed E-state index contributed by atoms with van der Waals surface area (Å²) in [6.07, 6.45) is 1.54. The van der Waals surface area contributed by atoms with Crippen molar-refractivity contribution in [3.05, 3.63) is 53.0 Å². The van der Waals surface area contributed by atoms with Crippen LogP contribution in [0.5, 0.6) is 0 Å². The molecule has 2 rings (SSSR count). The molecule has 0 aliphatic carbocycles. The van der Waals surface area contributed by atoms with Crippen molar-refractivity contribution in [1.29, 1.82) is 5.26 Å². The van der Waals surface area contributed by atoms with Crippen molar-refractivity contribution < 1.29 is 12.8 Å². The Morgan fingerprint density at radius 1 is 1.29 bits per heavy atom. The van der Waals surface area contributed by atoms with Gasteiger partial charge in [-0.3, -0.25) is 0 Å². The first-order chi connectivity index (χ1) is 9.86. The number of sulfonamides is 1. The zero-order chi connectivity index (χ0) is 15.6. The average molecular weight is 304 g/mol. The quantitative estimate of drug-likeness (QED) is 0.870. The fourth-order valence-corrected chi connectivity index (χ4v) is 3.24. The second-order valence-corrected chi connectivity index (χ2v) is 6.90. The Hall–Kier alpha value is -2.10. The van der Waals surface area contributed by atoms with Gasteiger partial charge in [0.25, 0.3) is 0 Å². The monoisotopic (exact) mass is 304 g/mol. The SMILES string of the molecule is Cc1cc(S(=O)(=O)N(C)Cc2ccoc2C)ccc1C#N. The molecule has 5 nitrogen and oxygen atoms in total. The normalized spacial score (nSPS) is 11.6. The summed E-state index contributed by atoms with van der Waals surface area (Å²) in [5, 5.41) is 8.90. The van der Waals surface area contributed by atoms with E-state index in [1.165, 1.54) is 35.8 Å². The zero-order valence-electron chi connectivity index (χ0n) is 12.1. The molecular formula is C15H16N2O3S. The number of hydrogen-bond donors (Lipinski definition) is 0. The molecule has 0 aliphatic rings. The first kappa shape index (κ1) is 15.3. The number of furan rings is 1. The molecule has 0 saturated heterocycles. The second kappa shape index (κ2) is 5.72. The number of nitriles is 1. The highest BCUT2D eigenvalue weighted by molar-refractivity contribution is 7.89. The van der Waals surface area contributed by atoms with Gasteiger partial charge in [0.2, 0.25) is 10.0 Å². The summed E-state index contributed by atoms with van der Waals surface area (Å²) in [6, 6.07) is 8.29. The van der Waals surface area contributed by atoms with E-state index >= 15 is 0 Å². The van der Waals surface area contributed by atoms with Crippen molar-refractivity contribution in [2.75, 3.05) is 7.05 Å². The van der Waals surface area contributed by atoms with E-state index in [1.54, 1.807) is 19.9 Å². The Bertz CT molecular complexity index is 801. The third kappa shape index (κ3) is 2.99. The molecule has 1 aromatic carbocycles. The van der Waals surface area contributed by atoms with Gasteiger partial charge < -0.3 is 4.42 Å². The zero-order valence-corrected chi connectivity index (χ0v) is 12.9. The summed E-state index contributed by atoms with van der Waals surface area (Å²) in [4.78, 5) is 0.183. The highest BCUT2D eigenvalue weighted by Gasteiger charge is 2.22. The van der Waals surface area contributed by atoms with Gasteiger partial charge >= 0.3 is 0 Å². The predicted octanol–water partition coefficient (Wildman–Crippen LogP) is 2.59. The summed E-state index contributed by atoms with van der Waals surface area (Å²) in [5.41, 5.74) is 1.94. The Morgan fingerprint density at radius 2 is 2.00 bits per heavy atom. The molecule has 0 radical (unpaired) electrons. The number of hydrogen-bond acceptors (Lipinski definition) is 4. The molecule has 110 valence electrons. The van der Waals surface area contributed by atoms with Crippen LogP contribution in [0.4, 0.5) is 0 Å². The first-order valence-corrected chi connectivity index (χ1v) is 7.80. The summed E-state index contributed by atoms with van der Waals surface area (Å²) < 4.78 is 31.5. The third-order valence-electron chi connectivity index (χ3n) is 3.39. The van der Waals surface area contributed by atoms with Crippen molar-refractivity contribution in [1.82, 2.24) is 4.31 Å². The van der Waals surface area contributed by atoms with Crippen molar-refractivity contribution in [2.45, 2.75) is 25.3 Å². The van der Waals surface area contributed by atoms with Crippen molar-refractivity contribution >= 4 is 10.0 Å².